The number of nitrogens with one attached hydrogen (secondary N) is 2. The molecule has 1 saturated carbocycles. The number of nitrogens with two attached hydrogens (primary N) is 1. The Morgan fingerprint density at radius 2 is 2.00 bits per heavy atom. The van der Waals surface area contributed by atoms with E-state index in [1.54, 1.807) is 18.2 Å². The molecule has 2 bridgehead atoms. The quantitative estimate of drug-likeness (QED) is 0.276. The van der Waals surface area contributed by atoms with E-state index in [4.69, 9.17) is 15.5 Å². The molecule has 0 radical (unpaired) electrons. The number of nitrogens with zero attached hydrogens (tertiary/aromatic N) is 1. The molecule has 0 spiro atoms. The van der Waals surface area contributed by atoms with E-state index in [1.807, 2.05) is 27.8 Å². The van der Waals surface area contributed by atoms with Gasteiger partial charge in [0.05, 0.1) is 25.0 Å². The number of fused-ring (bicyclic) bond motifs is 3. The number of carbonyl (C=O) groups is 2. The van der Waals surface area contributed by atoms with Crippen LogP contribution in [-0.4, -0.2) is 46.7 Å². The summed E-state index contributed by atoms with van der Waals surface area (Å²) in [5, 5.41) is 14.2. The van der Waals surface area contributed by atoms with Crippen LogP contribution in [0.3, 0.4) is 0 Å². The van der Waals surface area contributed by atoms with Gasteiger partial charge in [-0.15, -0.1) is 0 Å². The van der Waals surface area contributed by atoms with E-state index in [9.17, 15) is 14.7 Å². The highest BCUT2D eigenvalue weighted by Gasteiger charge is 2.51. The third-order valence-corrected chi connectivity index (χ3v) is 12.2. The summed E-state index contributed by atoms with van der Waals surface area (Å²) in [5.74, 6) is 1.97. The highest BCUT2D eigenvalue weighted by atomic mass is 33.1. The summed E-state index contributed by atoms with van der Waals surface area (Å²) < 4.78 is 5.36. The number of ether oxygens (including phenoxy) is 1. The van der Waals surface area contributed by atoms with Gasteiger partial charge in [-0.2, -0.15) is 0 Å². The number of aromatic hydroxyl groups is 1. The van der Waals surface area contributed by atoms with Crippen LogP contribution in [0.4, 0.5) is 5.82 Å². The Morgan fingerprint density at radius 1 is 1.19 bits per heavy atom. The molecule has 3 aliphatic rings. The van der Waals surface area contributed by atoms with Gasteiger partial charge in [-0.1, -0.05) is 41.0 Å². The van der Waals surface area contributed by atoms with Crippen molar-refractivity contribution in [2.45, 2.75) is 75.5 Å². The fraction of sp³-hybridized carbons (Fsp3) is 0.485. The summed E-state index contributed by atoms with van der Waals surface area (Å²) >= 11 is 0. The summed E-state index contributed by atoms with van der Waals surface area (Å²) in [6.07, 6.45) is 16.5. The third kappa shape index (κ3) is 7.24. The predicted octanol–water partition coefficient (Wildman–Crippen LogP) is 4.98. The van der Waals surface area contributed by atoms with Gasteiger partial charge in [0.2, 0.25) is 0 Å². The van der Waals surface area contributed by atoms with Crippen LogP contribution in [0, 0.1) is 5.92 Å². The lowest BCUT2D eigenvalue weighted by molar-refractivity contribution is -0.900. The number of hydrogen-bond donors (Lipinski definition) is 4. The molecule has 1 aromatic carbocycles. The normalized spacial score (nSPS) is 24.7. The number of rotatable bonds is 4. The molecule has 5 N–H and O–H groups in total. The van der Waals surface area contributed by atoms with Crippen molar-refractivity contribution < 1.29 is 24.3 Å². The maximum absolute atomic E-state index is 12.7. The zero-order valence-electron chi connectivity index (χ0n) is 25.1. The van der Waals surface area contributed by atoms with Crippen LogP contribution < -0.4 is 20.7 Å². The first-order valence-corrected chi connectivity index (χ1v) is 17.6. The maximum atomic E-state index is 12.7. The number of nitrogen functional groups attached to an aromatic ring is 1. The molecule has 1 fully saturated rings. The number of Topliss-reactive ketones (excluding diaryl/α,β-unsaturated/α-hetero) is 1. The molecule has 230 valence electrons. The van der Waals surface area contributed by atoms with Gasteiger partial charge in [-0.25, -0.2) is 4.98 Å². The van der Waals surface area contributed by atoms with Crippen molar-refractivity contribution in [1.82, 2.24) is 10.3 Å². The van der Waals surface area contributed by atoms with Crippen molar-refractivity contribution in [3.8, 4) is 11.5 Å². The SMILES string of the molecule is CCC1CCC(=O)CC(=O)C=Cc2cc(OC)c(O)cc2Cc2cnc(N)c(c2)C(C2([NH+]3C=CNC3)CCCC2)SSC1. The van der Waals surface area contributed by atoms with Crippen molar-refractivity contribution in [1.29, 1.82) is 0 Å². The molecule has 2 aliphatic heterocycles. The lowest BCUT2D eigenvalue weighted by atomic mass is 9.86. The van der Waals surface area contributed by atoms with Gasteiger partial charge in [0.15, 0.2) is 24.0 Å². The van der Waals surface area contributed by atoms with Crippen molar-refractivity contribution in [2.24, 2.45) is 5.92 Å². The molecular weight excluding hydrogens is 581 g/mol. The van der Waals surface area contributed by atoms with Crippen LogP contribution in [0.15, 0.2) is 42.9 Å². The van der Waals surface area contributed by atoms with Crippen LogP contribution in [0.5, 0.6) is 11.5 Å². The highest BCUT2D eigenvalue weighted by Crippen LogP contribution is 2.52. The van der Waals surface area contributed by atoms with Gasteiger partial charge in [-0.05, 0) is 72.6 Å². The zero-order chi connectivity index (χ0) is 30.4. The van der Waals surface area contributed by atoms with E-state index in [1.165, 1.54) is 30.9 Å². The lowest BCUT2D eigenvalue weighted by Crippen LogP contribution is -3.16. The van der Waals surface area contributed by atoms with Gasteiger partial charge in [0.25, 0.3) is 0 Å². The van der Waals surface area contributed by atoms with E-state index >= 15 is 0 Å². The molecule has 8 nitrogen and oxygen atoms in total. The molecule has 1 aliphatic carbocycles. The third-order valence-electron chi connectivity index (χ3n) is 9.15. The first-order chi connectivity index (χ1) is 20.8. The van der Waals surface area contributed by atoms with Gasteiger partial charge in [-0.3, -0.25) is 14.5 Å². The van der Waals surface area contributed by atoms with Crippen LogP contribution >= 0.6 is 21.6 Å². The molecule has 0 saturated heterocycles. The van der Waals surface area contributed by atoms with Crippen molar-refractivity contribution >= 4 is 45.0 Å². The summed E-state index contributed by atoms with van der Waals surface area (Å²) in [7, 11) is 5.28. The number of phenols is 1. The van der Waals surface area contributed by atoms with Crippen molar-refractivity contribution in [2.75, 3.05) is 25.3 Å². The maximum Gasteiger partial charge on any atom is 0.163 e. The second-order valence-corrected chi connectivity index (χ2v) is 14.4. The Morgan fingerprint density at radius 3 is 2.72 bits per heavy atom. The first-order valence-electron chi connectivity index (χ1n) is 15.2. The molecule has 43 heavy (non-hydrogen) atoms. The van der Waals surface area contributed by atoms with E-state index in [2.05, 4.69) is 30.7 Å². The van der Waals surface area contributed by atoms with E-state index < -0.39 is 0 Å². The van der Waals surface area contributed by atoms with E-state index in [0.29, 0.717) is 30.3 Å². The average Bonchev–Trinajstić information content (AvgIpc) is 3.71. The fourth-order valence-corrected chi connectivity index (χ4v) is 10.3. The predicted molar refractivity (Wildman–Crippen MR) is 175 cm³/mol. The fourth-order valence-electron chi connectivity index (χ4n) is 6.59. The number of ketones is 2. The summed E-state index contributed by atoms with van der Waals surface area (Å²) in [5.41, 5.74) is 10.3. The molecule has 3 unspecified atom stereocenters. The second-order valence-electron chi connectivity index (χ2n) is 11.9. The second kappa shape index (κ2) is 14.2. The largest absolute Gasteiger partial charge is 0.504 e. The summed E-state index contributed by atoms with van der Waals surface area (Å²) in [6.45, 7) is 3.03. The molecule has 1 aromatic heterocycles. The van der Waals surface area contributed by atoms with Crippen LogP contribution in [0.2, 0.25) is 0 Å². The Balaban J connectivity index is 1.59. The van der Waals surface area contributed by atoms with Gasteiger partial charge in [0.1, 0.15) is 23.3 Å². The molecule has 3 heterocycles. The van der Waals surface area contributed by atoms with E-state index in [0.717, 1.165) is 60.4 Å². The van der Waals surface area contributed by atoms with Crippen LogP contribution in [-0.2, 0) is 16.0 Å². The number of hydrogen-bond acceptors (Lipinski definition) is 9. The number of anilines is 1. The smallest absolute Gasteiger partial charge is 0.163 e. The minimum atomic E-state index is -0.226. The number of benzene rings is 1. The van der Waals surface area contributed by atoms with Crippen molar-refractivity contribution in [3.05, 3.63) is 65.1 Å². The van der Waals surface area contributed by atoms with Crippen molar-refractivity contribution in [3.63, 3.8) is 0 Å². The topological polar surface area (TPSA) is 119 Å². The number of aromatic nitrogens is 1. The number of allylic oxidation sites excluding steroid dienone is 1. The number of quaternary nitrogens is 1. The molecule has 0 amide bonds. The number of phenolic OH excluding ortho intramolecular Hbond substituents is 1. The monoisotopic (exact) mass is 623 g/mol. The van der Waals surface area contributed by atoms with Crippen LogP contribution in [0.25, 0.3) is 6.08 Å². The minimum absolute atomic E-state index is 0.0166. The Bertz CT molecular complexity index is 1390. The van der Waals surface area contributed by atoms with Crippen LogP contribution in [0.1, 0.15) is 85.8 Å². The standard InChI is InChI=1S/C33H42N4O4S2/c1-3-22-6-8-26(38)18-27(39)9-7-24-17-30(41-2)29(40)16-25(24)14-23-15-28(32(34)36-19-23)31(43-42-20-22)33(10-4-5-11-33)37-13-12-35-21-37/h7,9,12-13,15-17,19,22,31,35,40H,3-6,8,10-11,14,18,20-21H2,1-2H3,(H2,34,36)/p+1. The highest BCUT2D eigenvalue weighted by molar-refractivity contribution is 8.76. The Kier molecular flexibility index (Phi) is 10.4. The number of carbonyl (C=O) groups excluding carboxylic acids is 2. The summed E-state index contributed by atoms with van der Waals surface area (Å²) in [6, 6.07) is 5.61. The molecule has 5 rings (SSSR count). The number of pyridine rings is 1. The molecule has 10 heteroatoms. The lowest BCUT2D eigenvalue weighted by Gasteiger charge is -2.40. The minimum Gasteiger partial charge on any atom is -0.504 e. The zero-order valence-corrected chi connectivity index (χ0v) is 26.7. The van der Waals surface area contributed by atoms with E-state index in [-0.39, 0.29) is 34.5 Å². The molecule has 3 atom stereocenters. The average molecular weight is 624 g/mol. The summed E-state index contributed by atoms with van der Waals surface area (Å²) in [4.78, 5) is 31.6. The molecular formula is C33H43N4O4S2+. The van der Waals surface area contributed by atoms with Gasteiger partial charge >= 0.3 is 0 Å². The first kappa shape index (κ1) is 31.5. The number of methoxy groups -OCH3 is 1. The Hall–Kier alpha value is -2.95. The van der Waals surface area contributed by atoms with Gasteiger partial charge < -0.3 is 20.9 Å². The van der Waals surface area contributed by atoms with Gasteiger partial charge in [0, 0.05) is 36.8 Å². The Labute approximate surface area is 262 Å². The molecule has 2 aromatic rings.